The van der Waals surface area contributed by atoms with Gasteiger partial charge in [0.15, 0.2) is 5.17 Å². The summed E-state index contributed by atoms with van der Waals surface area (Å²) >= 11 is 1.35. The molecule has 1 heterocycles. The molecule has 9 heteroatoms. The first-order valence-electron chi connectivity index (χ1n) is 8.76. The van der Waals surface area contributed by atoms with Crippen molar-refractivity contribution in [3.05, 3.63) is 39.7 Å². The summed E-state index contributed by atoms with van der Waals surface area (Å²) in [5.74, 6) is 0.0689. The number of hydrogen-bond donors (Lipinski definition) is 1. The maximum atomic E-state index is 14.7. The lowest BCUT2D eigenvalue weighted by Crippen LogP contribution is -2.50. The lowest BCUT2D eigenvalue weighted by molar-refractivity contribution is -0.385. The smallest absolute Gasteiger partial charge is 0.413 e. The topological polar surface area (TPSA) is 96.0 Å². The standard InChI is InChI=1S/C18H22FN3O4S/c1-17(2,3)21(16(23)24)15-20-18(8-4-5-11(18)10-27-15)13-9-12(22(25)26)6-7-14(13)19/h6-7,9,11H,4-5,8,10H2,1-3H3,(H,23,24)/t11-,18-/m0/s1. The van der Waals surface area contributed by atoms with Crippen LogP contribution in [0.4, 0.5) is 14.9 Å². The van der Waals surface area contributed by atoms with Gasteiger partial charge in [-0.3, -0.25) is 20.0 Å². The highest BCUT2D eigenvalue weighted by Crippen LogP contribution is 2.52. The van der Waals surface area contributed by atoms with E-state index in [2.05, 4.69) is 0 Å². The minimum atomic E-state index is -1.13. The maximum Gasteiger partial charge on any atom is 0.413 e. The fourth-order valence-electron chi connectivity index (χ4n) is 3.95. The Morgan fingerprint density at radius 1 is 1.48 bits per heavy atom. The van der Waals surface area contributed by atoms with Gasteiger partial charge in [0.2, 0.25) is 0 Å². The van der Waals surface area contributed by atoms with Crippen LogP contribution in [0.2, 0.25) is 0 Å². The van der Waals surface area contributed by atoms with Gasteiger partial charge in [-0.2, -0.15) is 0 Å². The van der Waals surface area contributed by atoms with Crippen LogP contribution in [0.5, 0.6) is 0 Å². The summed E-state index contributed by atoms with van der Waals surface area (Å²) in [6.07, 6.45) is 1.05. The molecule has 1 fully saturated rings. The van der Waals surface area contributed by atoms with E-state index in [1.165, 1.54) is 22.7 Å². The second-order valence-corrected chi connectivity index (χ2v) is 8.92. The lowest BCUT2D eigenvalue weighted by Gasteiger charge is -2.41. The Bertz CT molecular complexity index is 823. The fraction of sp³-hybridized carbons (Fsp3) is 0.556. The van der Waals surface area contributed by atoms with E-state index >= 15 is 0 Å². The van der Waals surface area contributed by atoms with Gasteiger partial charge in [0, 0.05) is 29.0 Å². The van der Waals surface area contributed by atoms with E-state index in [9.17, 15) is 24.4 Å². The van der Waals surface area contributed by atoms with Crippen molar-refractivity contribution in [3.63, 3.8) is 0 Å². The first kappa shape index (κ1) is 19.6. The monoisotopic (exact) mass is 395 g/mol. The van der Waals surface area contributed by atoms with E-state index in [1.807, 2.05) is 0 Å². The number of nitro groups is 1. The number of nitrogens with zero attached hydrogens (tertiary/aromatic N) is 3. The molecule has 1 aliphatic carbocycles. The number of amides is 1. The molecule has 0 radical (unpaired) electrons. The Balaban J connectivity index is 2.18. The minimum absolute atomic E-state index is 0.0124. The van der Waals surface area contributed by atoms with E-state index < -0.39 is 27.9 Å². The molecular formula is C18H22FN3O4S. The third kappa shape index (κ3) is 3.40. The van der Waals surface area contributed by atoms with Gasteiger partial charge in [0.25, 0.3) is 5.69 Å². The van der Waals surface area contributed by atoms with Gasteiger partial charge >= 0.3 is 6.09 Å². The Kier molecular flexibility index (Phi) is 4.92. The molecule has 0 bridgehead atoms. The molecule has 0 spiro atoms. The van der Waals surface area contributed by atoms with E-state index in [1.54, 1.807) is 20.8 Å². The summed E-state index contributed by atoms with van der Waals surface area (Å²) in [7, 11) is 0. The number of fused-ring (bicyclic) bond motifs is 1. The van der Waals surface area contributed by atoms with Gasteiger partial charge in [-0.25, -0.2) is 9.18 Å². The summed E-state index contributed by atoms with van der Waals surface area (Å²) in [6.45, 7) is 5.31. The third-order valence-corrected chi connectivity index (χ3v) is 6.28. The number of benzene rings is 1. The third-order valence-electron chi connectivity index (χ3n) is 5.18. The maximum absolute atomic E-state index is 14.7. The fourth-order valence-corrected chi connectivity index (χ4v) is 5.45. The second kappa shape index (κ2) is 6.78. The lowest BCUT2D eigenvalue weighted by atomic mass is 9.81. The molecule has 0 unspecified atom stereocenters. The number of amidine groups is 1. The molecular weight excluding hydrogens is 373 g/mol. The normalized spacial score (nSPS) is 24.9. The number of hydrogen-bond acceptors (Lipinski definition) is 5. The number of rotatable bonds is 2. The average Bonchev–Trinajstić information content (AvgIpc) is 2.97. The highest BCUT2D eigenvalue weighted by atomic mass is 32.2. The number of carbonyl (C=O) groups is 1. The minimum Gasteiger partial charge on any atom is -0.465 e. The van der Waals surface area contributed by atoms with Crippen LogP contribution in [-0.4, -0.2) is 37.5 Å². The van der Waals surface area contributed by atoms with E-state index in [0.717, 1.165) is 25.0 Å². The molecule has 1 amide bonds. The van der Waals surface area contributed by atoms with Crippen molar-refractivity contribution < 1.29 is 19.2 Å². The van der Waals surface area contributed by atoms with Crippen molar-refractivity contribution >= 4 is 28.7 Å². The summed E-state index contributed by atoms with van der Waals surface area (Å²) < 4.78 is 14.7. The summed E-state index contributed by atoms with van der Waals surface area (Å²) in [6, 6.07) is 3.50. The first-order chi connectivity index (χ1) is 12.6. The first-order valence-corrected chi connectivity index (χ1v) is 9.75. The Labute approximate surface area is 160 Å². The van der Waals surface area contributed by atoms with Crippen LogP contribution in [0.25, 0.3) is 0 Å². The van der Waals surface area contributed by atoms with Crippen molar-refractivity contribution in [2.75, 3.05) is 5.75 Å². The molecule has 2 atom stereocenters. The van der Waals surface area contributed by atoms with Crippen molar-refractivity contribution in [3.8, 4) is 0 Å². The van der Waals surface area contributed by atoms with Crippen LogP contribution in [0.3, 0.4) is 0 Å². The van der Waals surface area contributed by atoms with Crippen LogP contribution >= 0.6 is 11.8 Å². The number of aliphatic imine (C=N–C) groups is 1. The zero-order chi connectivity index (χ0) is 20.0. The van der Waals surface area contributed by atoms with Crippen molar-refractivity contribution in [1.82, 2.24) is 4.90 Å². The Morgan fingerprint density at radius 2 is 2.19 bits per heavy atom. The number of carboxylic acid groups (broad SMARTS) is 1. The summed E-state index contributed by atoms with van der Waals surface area (Å²) in [4.78, 5) is 28.4. The van der Waals surface area contributed by atoms with Gasteiger partial charge in [-0.15, -0.1) is 0 Å². The molecule has 3 rings (SSSR count). The van der Waals surface area contributed by atoms with Gasteiger partial charge in [0.1, 0.15) is 5.82 Å². The molecule has 1 aromatic rings. The van der Waals surface area contributed by atoms with Gasteiger partial charge < -0.3 is 5.11 Å². The van der Waals surface area contributed by atoms with Crippen LogP contribution in [-0.2, 0) is 5.54 Å². The number of thioether (sulfide) groups is 1. The molecule has 0 saturated heterocycles. The van der Waals surface area contributed by atoms with Gasteiger partial charge in [0.05, 0.1) is 10.5 Å². The second-order valence-electron chi connectivity index (χ2n) is 7.93. The Hall–Kier alpha value is -2.16. The van der Waals surface area contributed by atoms with Crippen LogP contribution < -0.4 is 0 Å². The number of nitro benzene ring substituents is 1. The molecule has 2 aliphatic rings. The quantitative estimate of drug-likeness (QED) is 0.583. The molecule has 146 valence electrons. The molecule has 1 aliphatic heterocycles. The zero-order valence-electron chi connectivity index (χ0n) is 15.4. The molecule has 1 saturated carbocycles. The van der Waals surface area contributed by atoms with Crippen molar-refractivity contribution in [2.45, 2.75) is 51.1 Å². The molecule has 1 N–H and O–H groups in total. The van der Waals surface area contributed by atoms with Crippen LogP contribution in [0.15, 0.2) is 23.2 Å². The summed E-state index contributed by atoms with van der Waals surface area (Å²) in [5, 5.41) is 21.2. The predicted molar refractivity (Wildman–Crippen MR) is 102 cm³/mol. The Morgan fingerprint density at radius 3 is 2.78 bits per heavy atom. The van der Waals surface area contributed by atoms with Crippen LogP contribution in [0, 0.1) is 21.8 Å². The molecule has 1 aromatic carbocycles. The zero-order valence-corrected chi connectivity index (χ0v) is 16.3. The van der Waals surface area contributed by atoms with E-state index in [-0.39, 0.29) is 17.2 Å². The van der Waals surface area contributed by atoms with E-state index in [0.29, 0.717) is 17.3 Å². The number of halogens is 1. The highest BCUT2D eigenvalue weighted by molar-refractivity contribution is 8.13. The van der Waals surface area contributed by atoms with Crippen molar-refractivity contribution in [2.24, 2.45) is 10.9 Å². The highest BCUT2D eigenvalue weighted by Gasteiger charge is 2.50. The molecule has 7 nitrogen and oxygen atoms in total. The number of non-ortho nitro benzene ring substituents is 1. The average molecular weight is 395 g/mol. The van der Waals surface area contributed by atoms with Crippen molar-refractivity contribution in [1.29, 1.82) is 0 Å². The van der Waals surface area contributed by atoms with Crippen LogP contribution in [0.1, 0.15) is 45.6 Å². The SMILES string of the molecule is CC(C)(C)N(C(=O)O)C1=N[C@@]2(c3cc([N+](=O)[O-])ccc3F)CCC[C@H]2CS1. The van der Waals surface area contributed by atoms with E-state index in [4.69, 9.17) is 4.99 Å². The van der Waals surface area contributed by atoms with Gasteiger partial charge in [-0.05, 0) is 45.6 Å². The molecule has 0 aromatic heterocycles. The largest absolute Gasteiger partial charge is 0.465 e. The van der Waals surface area contributed by atoms with Gasteiger partial charge in [-0.1, -0.05) is 18.2 Å². The predicted octanol–water partition coefficient (Wildman–Crippen LogP) is 4.61. The summed E-state index contributed by atoms with van der Waals surface area (Å²) in [5.41, 5.74) is -1.68. The molecule has 27 heavy (non-hydrogen) atoms.